The van der Waals surface area contributed by atoms with Crippen molar-refractivity contribution in [1.82, 2.24) is 4.90 Å². The fourth-order valence-electron chi connectivity index (χ4n) is 17.1. The van der Waals surface area contributed by atoms with E-state index >= 15 is 0 Å². The number of esters is 1. The van der Waals surface area contributed by atoms with Gasteiger partial charge in [0, 0.05) is 31.5 Å². The molecule has 8 fully saturated rings. The first-order chi connectivity index (χ1) is 28.0. The lowest BCUT2D eigenvalue weighted by atomic mass is 9.33. The smallest absolute Gasteiger partial charge is 0.309 e. The van der Waals surface area contributed by atoms with Crippen LogP contribution < -0.4 is 0 Å². The molecule has 328 valence electrons. The third-order valence-corrected chi connectivity index (χ3v) is 21.3. The normalized spacial score (nSPS) is 44.3. The van der Waals surface area contributed by atoms with Gasteiger partial charge < -0.3 is 19.1 Å². The number of amides is 1. The third-order valence-electron chi connectivity index (χ3n) is 21.3. The molecule has 1 aromatic rings. The Bertz CT molecular complexity index is 1710. The van der Waals surface area contributed by atoms with Crippen molar-refractivity contribution in [2.45, 2.75) is 164 Å². The molecular weight excluding hydrogens is 731 g/mol. The molecule has 9 rings (SSSR count). The second kappa shape index (κ2) is 15.1. The molecule has 7 aliphatic carbocycles. The van der Waals surface area contributed by atoms with Crippen molar-refractivity contribution < 1.29 is 23.8 Å². The largest absolute Gasteiger partial charge is 0.462 e. The first-order valence-corrected chi connectivity index (χ1v) is 24.6. The monoisotopic (exact) mass is 812 g/mol. The molecule has 7 saturated carbocycles. The number of benzene rings is 1. The number of methoxy groups -OCH3 is 1. The lowest BCUT2D eigenvalue weighted by molar-refractivity contribution is -0.248. The van der Waals surface area contributed by atoms with Crippen LogP contribution in [0.5, 0.6) is 0 Å². The molecule has 6 heteroatoms. The van der Waals surface area contributed by atoms with Crippen LogP contribution in [-0.4, -0.2) is 62.4 Å². The Hall–Kier alpha value is -1.92. The SMILES string of the molecule is COCCOC1CCN(C(=O)[C@@H]2C[C@@H](C3(C)CC3)[C@H]3C2CC[C@]2(C)[C@@H]3CC[C@@H]3[C@@]4(C)CC[C@H](OC(=O)[C@H]5C[C@@H](Cc6ccccc6)C5(C)C)C(C)(C)[C@@H]4CC[C@]32C)CC1. The van der Waals surface area contributed by atoms with Gasteiger partial charge in [-0.25, -0.2) is 0 Å². The van der Waals surface area contributed by atoms with Crippen LogP contribution in [0.25, 0.3) is 0 Å². The summed E-state index contributed by atoms with van der Waals surface area (Å²) in [5, 5.41) is 0. The zero-order chi connectivity index (χ0) is 41.8. The number of hydrogen-bond donors (Lipinski definition) is 0. The van der Waals surface area contributed by atoms with Gasteiger partial charge in [-0.2, -0.15) is 0 Å². The Morgan fingerprint density at radius 1 is 0.712 bits per heavy atom. The van der Waals surface area contributed by atoms with E-state index in [0.29, 0.717) is 71.4 Å². The summed E-state index contributed by atoms with van der Waals surface area (Å²) in [4.78, 5) is 30.9. The first kappa shape index (κ1) is 42.4. The van der Waals surface area contributed by atoms with E-state index in [1.807, 2.05) is 0 Å². The molecule has 1 unspecified atom stereocenters. The van der Waals surface area contributed by atoms with Gasteiger partial charge in [0.2, 0.25) is 5.91 Å². The van der Waals surface area contributed by atoms with Crippen LogP contribution in [0, 0.1) is 85.8 Å². The van der Waals surface area contributed by atoms with E-state index in [9.17, 15) is 9.59 Å². The maximum atomic E-state index is 14.6. The van der Waals surface area contributed by atoms with E-state index in [1.54, 1.807) is 7.11 Å². The molecule has 0 spiro atoms. The third kappa shape index (κ3) is 6.73. The minimum absolute atomic E-state index is 0.00857. The van der Waals surface area contributed by atoms with Gasteiger partial charge in [0.25, 0.3) is 0 Å². The Kier molecular flexibility index (Phi) is 10.9. The summed E-state index contributed by atoms with van der Waals surface area (Å²) < 4.78 is 18.0. The fourth-order valence-corrected chi connectivity index (χ4v) is 17.1. The van der Waals surface area contributed by atoms with Crippen molar-refractivity contribution in [1.29, 1.82) is 0 Å². The van der Waals surface area contributed by atoms with Gasteiger partial charge in [0.05, 0.1) is 25.2 Å². The Morgan fingerprint density at radius 2 is 1.42 bits per heavy atom. The number of piperidine rings is 1. The molecule has 0 bridgehead atoms. The van der Waals surface area contributed by atoms with Gasteiger partial charge in [0.15, 0.2) is 0 Å². The van der Waals surface area contributed by atoms with Gasteiger partial charge in [-0.05, 0) is 170 Å². The van der Waals surface area contributed by atoms with Crippen LogP contribution in [0.4, 0.5) is 0 Å². The predicted molar refractivity (Wildman–Crippen MR) is 234 cm³/mol. The average Bonchev–Trinajstić information content (AvgIpc) is 3.83. The first-order valence-electron chi connectivity index (χ1n) is 24.6. The summed E-state index contributed by atoms with van der Waals surface area (Å²) in [5.41, 5.74) is 2.54. The van der Waals surface area contributed by atoms with E-state index in [0.717, 1.165) is 51.6 Å². The molecule has 1 aromatic carbocycles. The number of hydrogen-bond acceptors (Lipinski definition) is 5. The van der Waals surface area contributed by atoms with Crippen molar-refractivity contribution in [3.8, 4) is 0 Å². The van der Waals surface area contributed by atoms with Gasteiger partial charge >= 0.3 is 5.97 Å². The topological polar surface area (TPSA) is 65.1 Å². The van der Waals surface area contributed by atoms with Crippen molar-refractivity contribution in [2.75, 3.05) is 33.4 Å². The molecule has 13 atom stereocenters. The van der Waals surface area contributed by atoms with Crippen molar-refractivity contribution >= 4 is 11.9 Å². The maximum Gasteiger partial charge on any atom is 0.309 e. The number of carbonyl (C=O) groups is 2. The molecule has 6 nitrogen and oxygen atoms in total. The van der Waals surface area contributed by atoms with Crippen molar-refractivity contribution in [3.05, 3.63) is 35.9 Å². The zero-order valence-electron chi connectivity index (χ0n) is 38.7. The van der Waals surface area contributed by atoms with Crippen LogP contribution in [0.1, 0.15) is 151 Å². The number of likely N-dealkylation sites (tertiary alicyclic amines) is 1. The summed E-state index contributed by atoms with van der Waals surface area (Å²) in [6, 6.07) is 10.8. The lowest BCUT2D eigenvalue weighted by Crippen LogP contribution is -2.66. The summed E-state index contributed by atoms with van der Waals surface area (Å²) in [6.45, 7) is 23.3. The van der Waals surface area contributed by atoms with E-state index in [1.165, 1.54) is 63.4 Å². The van der Waals surface area contributed by atoms with Crippen LogP contribution in [0.3, 0.4) is 0 Å². The highest BCUT2D eigenvalue weighted by atomic mass is 16.5. The lowest BCUT2D eigenvalue weighted by Gasteiger charge is -2.72. The standard InChI is InChI=1S/C53H81NO5/c1-48(2)35(31-34-13-11-10-12-14-34)32-41(48)47(56)59-44-19-22-51(6)42(49(44,3)4)18-24-53(8)43(51)16-15-39-45-37(17-23-52(39,53)7)38(33-40(45)50(5)25-26-50)46(55)54-27-20-36(21-28-54)58-30-29-57-9/h10-14,35-45H,15-33H2,1-9H3/t35-,37?,38-,39-,40-,41-,42+,43-,44+,45+,51+,52-,53-/m1/s1. The minimum Gasteiger partial charge on any atom is -0.462 e. The van der Waals surface area contributed by atoms with Crippen molar-refractivity contribution in [3.63, 3.8) is 0 Å². The maximum absolute atomic E-state index is 14.6. The molecule has 8 aliphatic rings. The van der Waals surface area contributed by atoms with E-state index in [4.69, 9.17) is 14.2 Å². The van der Waals surface area contributed by atoms with E-state index in [-0.39, 0.29) is 51.7 Å². The highest BCUT2D eigenvalue weighted by molar-refractivity contribution is 5.80. The van der Waals surface area contributed by atoms with Gasteiger partial charge in [0.1, 0.15) is 6.10 Å². The summed E-state index contributed by atoms with van der Waals surface area (Å²) >= 11 is 0. The molecule has 0 aromatic heterocycles. The highest BCUT2D eigenvalue weighted by Crippen LogP contribution is 2.78. The Balaban J connectivity index is 0.885. The summed E-state index contributed by atoms with van der Waals surface area (Å²) in [7, 11) is 1.73. The van der Waals surface area contributed by atoms with Gasteiger partial charge in [-0.3, -0.25) is 9.59 Å². The van der Waals surface area contributed by atoms with E-state index < -0.39 is 0 Å². The zero-order valence-corrected chi connectivity index (χ0v) is 38.7. The predicted octanol–water partition coefficient (Wildman–Crippen LogP) is 11.2. The van der Waals surface area contributed by atoms with E-state index in [2.05, 4.69) is 90.6 Å². The number of fused-ring (bicyclic) bond motifs is 7. The molecule has 1 aliphatic heterocycles. The van der Waals surface area contributed by atoms with Gasteiger partial charge in [-0.15, -0.1) is 0 Å². The molecule has 1 heterocycles. The summed E-state index contributed by atoms with van der Waals surface area (Å²) in [5.74, 6) is 5.12. The number of ether oxygens (including phenoxy) is 3. The Labute approximate surface area is 358 Å². The molecule has 59 heavy (non-hydrogen) atoms. The van der Waals surface area contributed by atoms with Crippen LogP contribution in [0.15, 0.2) is 30.3 Å². The fraction of sp³-hybridized carbons (Fsp3) is 0.849. The highest BCUT2D eigenvalue weighted by Gasteiger charge is 2.71. The van der Waals surface area contributed by atoms with Crippen LogP contribution in [0.2, 0.25) is 0 Å². The second-order valence-corrected chi connectivity index (χ2v) is 24.2. The number of carbonyl (C=O) groups excluding carboxylic acids is 2. The number of rotatable bonds is 10. The van der Waals surface area contributed by atoms with Gasteiger partial charge in [-0.1, -0.05) is 85.7 Å². The minimum atomic E-state index is -0.0497. The molecular formula is C53H81NO5. The second-order valence-electron chi connectivity index (χ2n) is 24.2. The molecule has 0 radical (unpaired) electrons. The number of nitrogens with zero attached hydrogens (tertiary/aromatic N) is 1. The molecule has 1 saturated heterocycles. The average molecular weight is 812 g/mol. The van der Waals surface area contributed by atoms with Crippen LogP contribution in [-0.2, 0) is 30.2 Å². The quantitative estimate of drug-likeness (QED) is 0.174. The van der Waals surface area contributed by atoms with Crippen LogP contribution >= 0.6 is 0 Å². The van der Waals surface area contributed by atoms with Crippen molar-refractivity contribution in [2.24, 2.45) is 85.8 Å². The summed E-state index contributed by atoms with van der Waals surface area (Å²) in [6.07, 6.45) is 17.8. The molecule has 0 N–H and O–H groups in total. The molecule has 1 amide bonds. The Morgan fingerprint density at radius 3 is 2.10 bits per heavy atom.